The normalized spacial score (nSPS) is 20.1. The minimum atomic E-state index is -0.341. The van der Waals surface area contributed by atoms with Gasteiger partial charge in [-0.1, -0.05) is 5.16 Å². The van der Waals surface area contributed by atoms with E-state index < -0.39 is 0 Å². The van der Waals surface area contributed by atoms with E-state index in [1.807, 2.05) is 16.3 Å². The minimum Gasteiger partial charge on any atom is -0.356 e. The summed E-state index contributed by atoms with van der Waals surface area (Å²) in [6, 6.07) is 6.34. The lowest BCUT2D eigenvalue weighted by Gasteiger charge is -2.31. The van der Waals surface area contributed by atoms with Crippen molar-refractivity contribution in [3.8, 4) is 0 Å². The first-order valence-corrected chi connectivity index (χ1v) is 10.4. The van der Waals surface area contributed by atoms with E-state index in [-0.39, 0.29) is 35.8 Å². The Labute approximate surface area is 165 Å². The third-order valence-corrected chi connectivity index (χ3v) is 6.87. The molecule has 0 N–H and O–H groups in total. The molecule has 0 spiro atoms. The zero-order valence-corrected chi connectivity index (χ0v) is 16.0. The van der Waals surface area contributed by atoms with Crippen molar-refractivity contribution in [2.45, 2.75) is 31.6 Å². The van der Waals surface area contributed by atoms with Gasteiger partial charge in [0, 0.05) is 53.2 Å². The fourth-order valence-electron chi connectivity index (χ4n) is 4.39. The van der Waals surface area contributed by atoms with Crippen LogP contribution >= 0.6 is 11.3 Å². The number of likely N-dealkylation sites (tertiary alicyclic amines) is 1. The van der Waals surface area contributed by atoms with E-state index in [1.54, 1.807) is 17.4 Å². The second kappa shape index (κ2) is 6.81. The number of benzene rings is 1. The number of amides is 1. The predicted molar refractivity (Wildman–Crippen MR) is 103 cm³/mol. The zero-order chi connectivity index (χ0) is 19.3. The highest BCUT2D eigenvalue weighted by molar-refractivity contribution is 7.10. The van der Waals surface area contributed by atoms with Crippen molar-refractivity contribution in [3.05, 3.63) is 51.6 Å². The first kappa shape index (κ1) is 17.6. The number of thiophene rings is 1. The van der Waals surface area contributed by atoms with Gasteiger partial charge >= 0.3 is 0 Å². The summed E-state index contributed by atoms with van der Waals surface area (Å²) < 4.78 is 18.6. The van der Waals surface area contributed by atoms with Gasteiger partial charge in [0.1, 0.15) is 5.82 Å². The number of halogens is 1. The number of rotatable bonds is 3. The molecule has 5 nitrogen and oxygen atoms in total. The molecule has 0 radical (unpaired) electrons. The molecule has 3 heterocycles. The first-order valence-electron chi connectivity index (χ1n) is 9.53. The summed E-state index contributed by atoms with van der Waals surface area (Å²) in [5.74, 6) is -0.191. The number of carbonyl (C=O) groups excluding carboxylic acids is 2. The molecule has 1 saturated heterocycles. The molecule has 144 valence electrons. The average Bonchev–Trinajstić information content (AvgIpc) is 3.39. The molecule has 0 bridgehead atoms. The van der Waals surface area contributed by atoms with E-state index in [0.29, 0.717) is 25.1 Å². The molecule has 1 aliphatic carbocycles. The summed E-state index contributed by atoms with van der Waals surface area (Å²) in [7, 11) is 0. The van der Waals surface area contributed by atoms with Gasteiger partial charge in [-0.2, -0.15) is 0 Å². The molecule has 1 aliphatic heterocycles. The van der Waals surface area contributed by atoms with E-state index in [2.05, 4.69) is 5.16 Å². The lowest BCUT2D eigenvalue weighted by atomic mass is 9.91. The summed E-state index contributed by atoms with van der Waals surface area (Å²) in [4.78, 5) is 28.1. The van der Waals surface area contributed by atoms with Gasteiger partial charge in [-0.05, 0) is 42.8 Å². The molecule has 2 aromatic heterocycles. The van der Waals surface area contributed by atoms with Gasteiger partial charge in [0.2, 0.25) is 5.91 Å². The van der Waals surface area contributed by atoms with Crippen molar-refractivity contribution in [1.82, 2.24) is 10.1 Å². The summed E-state index contributed by atoms with van der Waals surface area (Å²) in [5, 5.41) is 6.93. The highest BCUT2D eigenvalue weighted by Gasteiger charge is 2.35. The maximum atomic E-state index is 13.3. The smallest absolute Gasteiger partial charge is 0.223 e. The third-order valence-electron chi connectivity index (χ3n) is 5.93. The Morgan fingerprint density at radius 1 is 1.29 bits per heavy atom. The van der Waals surface area contributed by atoms with Gasteiger partial charge in [0.25, 0.3) is 0 Å². The molecule has 1 fully saturated rings. The first-order chi connectivity index (χ1) is 13.6. The SMILES string of the molecule is O=C1c2ccsc2CC1CC(=O)N1CCC(c2noc3cc(F)ccc23)CC1. The summed E-state index contributed by atoms with van der Waals surface area (Å²) in [5.41, 5.74) is 2.11. The quantitative estimate of drug-likeness (QED) is 0.664. The number of hydrogen-bond donors (Lipinski definition) is 0. The van der Waals surface area contributed by atoms with Crippen LogP contribution in [0.3, 0.4) is 0 Å². The summed E-state index contributed by atoms with van der Waals surface area (Å²) in [6.07, 6.45) is 2.56. The number of hydrogen-bond acceptors (Lipinski definition) is 5. The second-order valence-electron chi connectivity index (χ2n) is 7.59. The molecule has 7 heteroatoms. The van der Waals surface area contributed by atoms with Crippen molar-refractivity contribution in [2.24, 2.45) is 5.92 Å². The molecule has 1 atom stereocenters. The van der Waals surface area contributed by atoms with Crippen LogP contribution in [0.15, 0.2) is 34.2 Å². The molecule has 2 aliphatic rings. The van der Waals surface area contributed by atoms with Crippen LogP contribution in [0.25, 0.3) is 11.0 Å². The van der Waals surface area contributed by atoms with E-state index >= 15 is 0 Å². The number of fused-ring (bicyclic) bond motifs is 2. The van der Waals surface area contributed by atoms with Gasteiger partial charge in [-0.3, -0.25) is 9.59 Å². The Bertz CT molecular complexity index is 1060. The van der Waals surface area contributed by atoms with Crippen LogP contribution in [-0.4, -0.2) is 34.8 Å². The molecular weight excluding hydrogens is 379 g/mol. The van der Waals surface area contributed by atoms with Gasteiger partial charge in [0.15, 0.2) is 11.4 Å². The number of piperidine rings is 1. The van der Waals surface area contributed by atoms with Crippen LogP contribution in [0.5, 0.6) is 0 Å². The number of ketones is 1. The standard InChI is InChI=1S/C21H19FN2O3S/c22-14-1-2-15-17(11-14)27-23-20(15)12-3-6-24(7-4-12)19(25)10-13-9-18-16(21(13)26)5-8-28-18/h1-2,5,8,11-13H,3-4,6-7,9-10H2. The maximum Gasteiger partial charge on any atom is 0.223 e. The number of Topliss-reactive ketones (excluding diaryl/α,β-unsaturated/α-hetero) is 1. The van der Waals surface area contributed by atoms with Crippen LogP contribution < -0.4 is 0 Å². The molecule has 5 rings (SSSR count). The molecular formula is C21H19FN2O3S. The van der Waals surface area contributed by atoms with Crippen LogP contribution in [0.2, 0.25) is 0 Å². The molecule has 1 aromatic carbocycles. The fraction of sp³-hybridized carbons (Fsp3) is 0.381. The lowest BCUT2D eigenvalue weighted by Crippen LogP contribution is -2.39. The van der Waals surface area contributed by atoms with Crippen molar-refractivity contribution in [2.75, 3.05) is 13.1 Å². The van der Waals surface area contributed by atoms with Crippen LogP contribution in [0.4, 0.5) is 4.39 Å². The number of carbonyl (C=O) groups is 2. The predicted octanol–water partition coefficient (Wildman–Crippen LogP) is 4.18. The number of nitrogens with zero attached hydrogens (tertiary/aromatic N) is 2. The second-order valence-corrected chi connectivity index (χ2v) is 8.59. The van der Waals surface area contributed by atoms with Gasteiger partial charge in [-0.15, -0.1) is 11.3 Å². The lowest BCUT2D eigenvalue weighted by molar-refractivity contribution is -0.133. The highest BCUT2D eigenvalue weighted by atomic mass is 32.1. The minimum absolute atomic E-state index is 0.0547. The van der Waals surface area contributed by atoms with Crippen LogP contribution in [0, 0.1) is 11.7 Å². The van der Waals surface area contributed by atoms with Gasteiger partial charge < -0.3 is 9.42 Å². The Kier molecular flexibility index (Phi) is 4.27. The van der Waals surface area contributed by atoms with Gasteiger partial charge in [-0.25, -0.2) is 4.39 Å². The van der Waals surface area contributed by atoms with Crippen molar-refractivity contribution < 1.29 is 18.5 Å². The van der Waals surface area contributed by atoms with E-state index in [9.17, 15) is 14.0 Å². The maximum absolute atomic E-state index is 13.3. The molecule has 0 saturated carbocycles. The Morgan fingerprint density at radius 3 is 2.89 bits per heavy atom. The zero-order valence-electron chi connectivity index (χ0n) is 15.2. The topological polar surface area (TPSA) is 63.4 Å². The Balaban J connectivity index is 1.21. The van der Waals surface area contributed by atoms with Crippen LogP contribution in [0.1, 0.15) is 46.1 Å². The Morgan fingerprint density at radius 2 is 2.11 bits per heavy atom. The number of aromatic nitrogens is 1. The van der Waals surface area contributed by atoms with E-state index in [4.69, 9.17) is 4.52 Å². The van der Waals surface area contributed by atoms with Crippen molar-refractivity contribution in [3.63, 3.8) is 0 Å². The third kappa shape index (κ3) is 2.94. The molecule has 1 unspecified atom stereocenters. The highest BCUT2D eigenvalue weighted by Crippen LogP contribution is 2.35. The Hall–Kier alpha value is -2.54. The summed E-state index contributed by atoms with van der Waals surface area (Å²) >= 11 is 1.60. The van der Waals surface area contributed by atoms with Crippen molar-refractivity contribution in [1.29, 1.82) is 0 Å². The monoisotopic (exact) mass is 398 g/mol. The van der Waals surface area contributed by atoms with Gasteiger partial charge in [0.05, 0.1) is 5.69 Å². The fourth-order valence-corrected chi connectivity index (χ4v) is 5.35. The largest absolute Gasteiger partial charge is 0.356 e. The molecule has 1 amide bonds. The van der Waals surface area contributed by atoms with Crippen molar-refractivity contribution >= 4 is 34.0 Å². The van der Waals surface area contributed by atoms with Crippen LogP contribution in [-0.2, 0) is 11.2 Å². The van der Waals surface area contributed by atoms with E-state index in [0.717, 1.165) is 34.4 Å². The average molecular weight is 398 g/mol. The molecule has 3 aromatic rings. The van der Waals surface area contributed by atoms with E-state index in [1.165, 1.54) is 12.1 Å². The molecule has 28 heavy (non-hydrogen) atoms. The summed E-state index contributed by atoms with van der Waals surface area (Å²) in [6.45, 7) is 1.28.